The van der Waals surface area contributed by atoms with Gasteiger partial charge in [0.05, 0.1) is 4.92 Å². The Bertz CT molecular complexity index is 791. The van der Waals surface area contributed by atoms with Gasteiger partial charge in [-0.05, 0) is 36.3 Å². The Labute approximate surface area is 157 Å². The van der Waals surface area contributed by atoms with E-state index in [0.717, 1.165) is 30.8 Å². The van der Waals surface area contributed by atoms with Gasteiger partial charge in [0.25, 0.3) is 11.6 Å². The summed E-state index contributed by atoms with van der Waals surface area (Å²) in [5.74, 6) is -0.517. The molecule has 0 saturated heterocycles. The van der Waals surface area contributed by atoms with Gasteiger partial charge < -0.3 is 5.32 Å². The maximum Gasteiger partial charge on any atom is 0.282 e. The zero-order valence-electron chi connectivity index (χ0n) is 14.9. The minimum absolute atomic E-state index is 0.0382. The van der Waals surface area contributed by atoms with Crippen LogP contribution >= 0.6 is 11.6 Å². The third-order valence-corrected chi connectivity index (χ3v) is 4.48. The molecule has 0 heterocycles. The van der Waals surface area contributed by atoms with E-state index < -0.39 is 10.8 Å². The van der Waals surface area contributed by atoms with E-state index in [4.69, 9.17) is 11.6 Å². The van der Waals surface area contributed by atoms with Crippen LogP contribution in [0.1, 0.15) is 35.3 Å². The molecule has 6 nitrogen and oxygen atoms in total. The molecule has 0 fully saturated rings. The number of hydrogen-bond donors (Lipinski definition) is 1. The van der Waals surface area contributed by atoms with E-state index in [1.54, 1.807) is 0 Å². The standard InChI is InChI=1S/C19H22ClN3O3/c1-3-22(4-2)13-15-8-6-5-7-14(15)12-21-19(24)17-11-16(20)9-10-18(17)23(25)26/h5-11H,3-4,12-13H2,1-2H3,(H,21,24). The summed E-state index contributed by atoms with van der Waals surface area (Å²) in [7, 11) is 0. The minimum atomic E-state index is -0.584. The lowest BCUT2D eigenvalue weighted by Gasteiger charge is -2.20. The van der Waals surface area contributed by atoms with Crippen molar-refractivity contribution in [3.05, 3.63) is 74.3 Å². The fourth-order valence-corrected chi connectivity index (χ4v) is 2.86. The molecule has 0 aliphatic heterocycles. The molecule has 0 saturated carbocycles. The quantitative estimate of drug-likeness (QED) is 0.558. The number of rotatable bonds is 8. The Kier molecular flexibility index (Phi) is 7.12. The summed E-state index contributed by atoms with van der Waals surface area (Å²) < 4.78 is 0. The lowest BCUT2D eigenvalue weighted by atomic mass is 10.1. The maximum absolute atomic E-state index is 12.5. The molecule has 1 amide bonds. The minimum Gasteiger partial charge on any atom is -0.348 e. The van der Waals surface area contributed by atoms with Crippen LogP contribution in [0.3, 0.4) is 0 Å². The monoisotopic (exact) mass is 375 g/mol. The van der Waals surface area contributed by atoms with Crippen molar-refractivity contribution in [2.45, 2.75) is 26.9 Å². The molecule has 2 aromatic carbocycles. The Hall–Kier alpha value is -2.44. The zero-order valence-corrected chi connectivity index (χ0v) is 15.6. The van der Waals surface area contributed by atoms with Crippen LogP contribution in [-0.2, 0) is 13.1 Å². The predicted molar refractivity (Wildman–Crippen MR) is 102 cm³/mol. The number of carbonyl (C=O) groups is 1. The molecule has 0 bridgehead atoms. The van der Waals surface area contributed by atoms with Crippen LogP contribution in [0.25, 0.3) is 0 Å². The maximum atomic E-state index is 12.5. The number of nitrogens with zero attached hydrogens (tertiary/aromatic N) is 2. The summed E-state index contributed by atoms with van der Waals surface area (Å²) in [4.78, 5) is 25.3. The second-order valence-corrected chi connectivity index (χ2v) is 6.27. The highest BCUT2D eigenvalue weighted by atomic mass is 35.5. The van der Waals surface area contributed by atoms with Gasteiger partial charge in [0, 0.05) is 24.2 Å². The van der Waals surface area contributed by atoms with Gasteiger partial charge in [-0.3, -0.25) is 19.8 Å². The molecule has 0 atom stereocenters. The molecule has 0 spiro atoms. The van der Waals surface area contributed by atoms with Gasteiger partial charge in [-0.1, -0.05) is 49.7 Å². The lowest BCUT2D eigenvalue weighted by molar-refractivity contribution is -0.385. The van der Waals surface area contributed by atoms with Gasteiger partial charge in [0.15, 0.2) is 0 Å². The van der Waals surface area contributed by atoms with Gasteiger partial charge in [0.2, 0.25) is 0 Å². The largest absolute Gasteiger partial charge is 0.348 e. The van der Waals surface area contributed by atoms with Gasteiger partial charge in [-0.15, -0.1) is 0 Å². The lowest BCUT2D eigenvalue weighted by Crippen LogP contribution is -2.26. The van der Waals surface area contributed by atoms with Crippen molar-refractivity contribution in [1.29, 1.82) is 0 Å². The van der Waals surface area contributed by atoms with Crippen LogP contribution < -0.4 is 5.32 Å². The topological polar surface area (TPSA) is 75.5 Å². The first-order chi connectivity index (χ1) is 12.5. The van der Waals surface area contributed by atoms with Gasteiger partial charge in [-0.2, -0.15) is 0 Å². The first-order valence-electron chi connectivity index (χ1n) is 8.47. The summed E-state index contributed by atoms with van der Waals surface area (Å²) in [6.45, 7) is 7.16. The number of nitro groups is 1. The molecular formula is C19H22ClN3O3. The summed E-state index contributed by atoms with van der Waals surface area (Å²) in [6, 6.07) is 11.8. The van der Waals surface area contributed by atoms with Crippen molar-refractivity contribution in [2.75, 3.05) is 13.1 Å². The number of carbonyl (C=O) groups excluding carboxylic acids is 1. The summed E-state index contributed by atoms with van der Waals surface area (Å²) in [5.41, 5.74) is 1.81. The highest BCUT2D eigenvalue weighted by Gasteiger charge is 2.20. The number of halogens is 1. The number of amides is 1. The number of nitrogens with one attached hydrogen (secondary N) is 1. The summed E-state index contributed by atoms with van der Waals surface area (Å²) in [6.07, 6.45) is 0. The number of hydrogen-bond acceptors (Lipinski definition) is 4. The molecule has 0 aromatic heterocycles. The normalized spacial score (nSPS) is 10.8. The Morgan fingerprint density at radius 2 is 1.81 bits per heavy atom. The molecule has 0 radical (unpaired) electrons. The van der Waals surface area contributed by atoms with Crippen LogP contribution in [0.15, 0.2) is 42.5 Å². The molecule has 1 N–H and O–H groups in total. The van der Waals surface area contributed by atoms with E-state index in [1.165, 1.54) is 18.2 Å². The van der Waals surface area contributed by atoms with E-state index in [2.05, 4.69) is 24.1 Å². The van der Waals surface area contributed by atoms with Crippen LogP contribution in [0, 0.1) is 10.1 Å². The third-order valence-electron chi connectivity index (χ3n) is 4.25. The van der Waals surface area contributed by atoms with Crippen LogP contribution in [-0.4, -0.2) is 28.8 Å². The number of nitro benzene ring substituents is 1. The molecule has 138 valence electrons. The first-order valence-corrected chi connectivity index (χ1v) is 8.85. The molecule has 2 aromatic rings. The van der Waals surface area contributed by atoms with E-state index in [1.807, 2.05) is 24.3 Å². The van der Waals surface area contributed by atoms with Gasteiger partial charge in [-0.25, -0.2) is 0 Å². The summed E-state index contributed by atoms with van der Waals surface area (Å²) in [5, 5.41) is 14.2. The van der Waals surface area contributed by atoms with E-state index >= 15 is 0 Å². The number of benzene rings is 2. The van der Waals surface area contributed by atoms with Crippen molar-refractivity contribution in [2.24, 2.45) is 0 Å². The van der Waals surface area contributed by atoms with E-state index in [0.29, 0.717) is 6.54 Å². The SMILES string of the molecule is CCN(CC)Cc1ccccc1CNC(=O)c1cc(Cl)ccc1[N+](=O)[O-]. The predicted octanol–water partition coefficient (Wildman–Crippen LogP) is 4.02. The van der Waals surface area contributed by atoms with Crippen molar-refractivity contribution in [3.8, 4) is 0 Å². The smallest absolute Gasteiger partial charge is 0.282 e. The molecule has 2 rings (SSSR count). The molecule has 26 heavy (non-hydrogen) atoms. The van der Waals surface area contributed by atoms with E-state index in [-0.39, 0.29) is 16.3 Å². The van der Waals surface area contributed by atoms with Gasteiger partial charge >= 0.3 is 0 Å². The van der Waals surface area contributed by atoms with Crippen LogP contribution in [0.2, 0.25) is 5.02 Å². The van der Waals surface area contributed by atoms with Gasteiger partial charge in [0.1, 0.15) is 5.56 Å². The second kappa shape index (κ2) is 9.31. The Balaban J connectivity index is 2.16. The molecule has 0 aliphatic rings. The zero-order chi connectivity index (χ0) is 19.1. The van der Waals surface area contributed by atoms with Crippen molar-refractivity contribution in [1.82, 2.24) is 10.2 Å². The van der Waals surface area contributed by atoms with E-state index in [9.17, 15) is 14.9 Å². The first kappa shape index (κ1) is 19.9. The Morgan fingerprint density at radius 1 is 1.15 bits per heavy atom. The summed E-state index contributed by atoms with van der Waals surface area (Å²) >= 11 is 5.89. The average Bonchev–Trinajstić information content (AvgIpc) is 2.64. The molecule has 0 aliphatic carbocycles. The molecule has 0 unspecified atom stereocenters. The Morgan fingerprint density at radius 3 is 2.42 bits per heavy atom. The average molecular weight is 376 g/mol. The second-order valence-electron chi connectivity index (χ2n) is 5.83. The highest BCUT2D eigenvalue weighted by molar-refractivity contribution is 6.31. The van der Waals surface area contributed by atoms with Crippen molar-refractivity contribution >= 4 is 23.2 Å². The van der Waals surface area contributed by atoms with Crippen LogP contribution in [0.5, 0.6) is 0 Å². The third kappa shape index (κ3) is 5.03. The van der Waals surface area contributed by atoms with Crippen molar-refractivity contribution < 1.29 is 9.72 Å². The fraction of sp³-hybridized carbons (Fsp3) is 0.316. The molecular weight excluding hydrogens is 354 g/mol. The molecule has 7 heteroatoms. The fourth-order valence-electron chi connectivity index (χ4n) is 2.69. The van der Waals surface area contributed by atoms with Crippen LogP contribution in [0.4, 0.5) is 5.69 Å². The highest BCUT2D eigenvalue weighted by Crippen LogP contribution is 2.23. The van der Waals surface area contributed by atoms with Crippen molar-refractivity contribution in [3.63, 3.8) is 0 Å².